The second-order valence-corrected chi connectivity index (χ2v) is 7.83. The van der Waals surface area contributed by atoms with E-state index < -0.39 is 0 Å². The first-order chi connectivity index (χ1) is 12.6. The number of carbonyl (C=O) groups is 1. The molecule has 1 aliphatic carbocycles. The summed E-state index contributed by atoms with van der Waals surface area (Å²) < 4.78 is 13.8. The van der Waals surface area contributed by atoms with E-state index in [1.54, 1.807) is 12.1 Å². The number of carbonyl (C=O) groups excluding carboxylic acids is 1. The van der Waals surface area contributed by atoms with Crippen molar-refractivity contribution in [1.29, 1.82) is 0 Å². The molecule has 0 N–H and O–H groups in total. The van der Waals surface area contributed by atoms with Gasteiger partial charge in [0.15, 0.2) is 0 Å². The van der Waals surface area contributed by atoms with Crippen molar-refractivity contribution in [2.24, 2.45) is 5.92 Å². The number of para-hydroxylation sites is 1. The van der Waals surface area contributed by atoms with E-state index >= 15 is 0 Å². The van der Waals surface area contributed by atoms with Gasteiger partial charge in [0.2, 0.25) is 0 Å². The van der Waals surface area contributed by atoms with E-state index in [0.29, 0.717) is 5.92 Å². The Bertz CT molecular complexity index is 792. The molecule has 2 aromatic rings. The van der Waals surface area contributed by atoms with E-state index in [4.69, 9.17) is 0 Å². The molecule has 2 fully saturated rings. The Morgan fingerprint density at radius 1 is 1.08 bits per heavy atom. The van der Waals surface area contributed by atoms with Crippen molar-refractivity contribution in [1.82, 2.24) is 4.90 Å². The maximum atomic E-state index is 13.8. The largest absolute Gasteiger partial charge is 0.325 e. The number of amides is 2. The lowest BCUT2D eigenvalue weighted by Gasteiger charge is -2.28. The number of halogens is 1. The maximum absolute atomic E-state index is 13.8. The minimum absolute atomic E-state index is 0.0606. The zero-order valence-corrected chi connectivity index (χ0v) is 15.3. The van der Waals surface area contributed by atoms with Crippen LogP contribution in [0.3, 0.4) is 0 Å². The number of benzene rings is 2. The number of hydrogen-bond donors (Lipinski definition) is 0. The number of nitrogens with zero attached hydrogens (tertiary/aromatic N) is 2. The normalized spacial score (nSPS) is 25.2. The summed E-state index contributed by atoms with van der Waals surface area (Å²) in [6.45, 7) is 5.05. The zero-order valence-electron chi connectivity index (χ0n) is 15.3. The molecule has 0 bridgehead atoms. The molecule has 2 aromatic carbocycles. The van der Waals surface area contributed by atoms with E-state index in [1.807, 2.05) is 46.2 Å². The highest BCUT2D eigenvalue weighted by atomic mass is 19.1. The second kappa shape index (κ2) is 6.75. The van der Waals surface area contributed by atoms with Gasteiger partial charge in [-0.15, -0.1) is 0 Å². The van der Waals surface area contributed by atoms with Gasteiger partial charge in [0.25, 0.3) is 0 Å². The molecule has 1 saturated heterocycles. The second-order valence-electron chi connectivity index (χ2n) is 7.83. The van der Waals surface area contributed by atoms with E-state index in [2.05, 4.69) is 13.8 Å². The quantitative estimate of drug-likeness (QED) is 0.756. The summed E-state index contributed by atoms with van der Waals surface area (Å²) in [5.74, 6) is 0.376. The number of rotatable bonds is 4. The SMILES string of the molecule is CC(C)CN1C(=O)N(c2ccccc2)[C@@H]2[C@H](c3cccc(F)c3)CC[C@@H]21. The Balaban J connectivity index is 1.75. The third kappa shape index (κ3) is 2.87. The average Bonchev–Trinajstić information content (AvgIpc) is 3.15. The molecule has 26 heavy (non-hydrogen) atoms. The molecule has 0 unspecified atom stereocenters. The summed E-state index contributed by atoms with van der Waals surface area (Å²) in [6.07, 6.45) is 1.94. The van der Waals surface area contributed by atoms with Crippen LogP contribution in [0.25, 0.3) is 0 Å². The lowest BCUT2D eigenvalue weighted by Crippen LogP contribution is -2.38. The first-order valence-corrected chi connectivity index (χ1v) is 9.46. The van der Waals surface area contributed by atoms with Crippen molar-refractivity contribution in [3.05, 3.63) is 66.0 Å². The Morgan fingerprint density at radius 3 is 2.54 bits per heavy atom. The maximum Gasteiger partial charge on any atom is 0.325 e. The van der Waals surface area contributed by atoms with Gasteiger partial charge in [0.1, 0.15) is 5.82 Å². The molecular formula is C22H25FN2O. The van der Waals surface area contributed by atoms with Crippen LogP contribution in [0.1, 0.15) is 38.2 Å². The molecule has 1 saturated carbocycles. The highest BCUT2D eigenvalue weighted by Gasteiger charge is 2.53. The van der Waals surface area contributed by atoms with Crippen molar-refractivity contribution >= 4 is 11.7 Å². The smallest absolute Gasteiger partial charge is 0.319 e. The molecule has 2 aliphatic rings. The van der Waals surface area contributed by atoms with Crippen LogP contribution in [-0.2, 0) is 0 Å². The Labute approximate surface area is 154 Å². The molecule has 2 amide bonds. The van der Waals surface area contributed by atoms with Crippen molar-refractivity contribution in [2.45, 2.75) is 44.7 Å². The summed E-state index contributed by atoms with van der Waals surface area (Å²) in [6, 6.07) is 17.1. The van der Waals surface area contributed by atoms with Gasteiger partial charge in [-0.25, -0.2) is 9.18 Å². The fraction of sp³-hybridized carbons (Fsp3) is 0.409. The Hall–Kier alpha value is -2.36. The van der Waals surface area contributed by atoms with Gasteiger partial charge in [-0.2, -0.15) is 0 Å². The molecule has 1 aliphatic heterocycles. The molecule has 4 heteroatoms. The lowest BCUT2D eigenvalue weighted by atomic mass is 9.92. The van der Waals surface area contributed by atoms with Crippen LogP contribution in [0.2, 0.25) is 0 Å². The predicted molar refractivity (Wildman–Crippen MR) is 102 cm³/mol. The van der Waals surface area contributed by atoms with E-state index in [-0.39, 0.29) is 29.8 Å². The van der Waals surface area contributed by atoms with Crippen LogP contribution in [0.15, 0.2) is 54.6 Å². The van der Waals surface area contributed by atoms with Gasteiger partial charge < -0.3 is 4.90 Å². The number of hydrogen-bond acceptors (Lipinski definition) is 1. The monoisotopic (exact) mass is 352 g/mol. The van der Waals surface area contributed by atoms with Crippen LogP contribution >= 0.6 is 0 Å². The van der Waals surface area contributed by atoms with Crippen LogP contribution in [0, 0.1) is 11.7 Å². The minimum atomic E-state index is -0.208. The number of fused-ring (bicyclic) bond motifs is 1. The highest BCUT2D eigenvalue weighted by Crippen LogP contribution is 2.46. The predicted octanol–water partition coefficient (Wildman–Crippen LogP) is 5.04. The van der Waals surface area contributed by atoms with Crippen LogP contribution < -0.4 is 4.90 Å². The third-order valence-corrected chi connectivity index (χ3v) is 5.60. The van der Waals surface area contributed by atoms with Crippen LogP contribution in [0.4, 0.5) is 14.9 Å². The first kappa shape index (κ1) is 17.1. The topological polar surface area (TPSA) is 23.6 Å². The fourth-order valence-electron chi connectivity index (χ4n) is 4.64. The molecule has 1 heterocycles. The van der Waals surface area contributed by atoms with Gasteiger partial charge in [-0.3, -0.25) is 4.90 Å². The van der Waals surface area contributed by atoms with E-state index in [1.165, 1.54) is 6.07 Å². The van der Waals surface area contributed by atoms with Gasteiger partial charge in [0.05, 0.1) is 12.1 Å². The zero-order chi connectivity index (χ0) is 18.3. The Morgan fingerprint density at radius 2 is 1.85 bits per heavy atom. The molecular weight excluding hydrogens is 327 g/mol. The van der Waals surface area contributed by atoms with Crippen molar-refractivity contribution in [2.75, 3.05) is 11.4 Å². The summed E-state index contributed by atoms with van der Waals surface area (Å²) in [5, 5.41) is 0. The van der Waals surface area contributed by atoms with Gasteiger partial charge >= 0.3 is 6.03 Å². The number of urea groups is 1. The average molecular weight is 352 g/mol. The minimum Gasteiger partial charge on any atom is -0.319 e. The van der Waals surface area contributed by atoms with Crippen molar-refractivity contribution in [3.63, 3.8) is 0 Å². The fourth-order valence-corrected chi connectivity index (χ4v) is 4.64. The molecule has 0 spiro atoms. The molecule has 0 radical (unpaired) electrons. The molecule has 3 atom stereocenters. The van der Waals surface area contributed by atoms with Gasteiger partial charge in [0, 0.05) is 18.2 Å². The van der Waals surface area contributed by atoms with E-state index in [0.717, 1.165) is 30.6 Å². The third-order valence-electron chi connectivity index (χ3n) is 5.60. The van der Waals surface area contributed by atoms with Crippen LogP contribution in [-0.4, -0.2) is 29.6 Å². The molecule has 0 aromatic heterocycles. The Kier molecular flexibility index (Phi) is 4.43. The summed E-state index contributed by atoms with van der Waals surface area (Å²) >= 11 is 0. The standard InChI is InChI=1S/C22H25FN2O/c1-15(2)14-24-20-12-11-19(16-7-6-8-17(23)13-16)21(20)25(22(24)26)18-9-4-3-5-10-18/h3-10,13,15,19-21H,11-12,14H2,1-2H3/t19-,20-,21+/m0/s1. The lowest BCUT2D eigenvalue weighted by molar-refractivity contribution is 0.195. The van der Waals surface area contributed by atoms with Gasteiger partial charge in [-0.05, 0) is 48.6 Å². The van der Waals surface area contributed by atoms with E-state index in [9.17, 15) is 9.18 Å². The summed E-state index contributed by atoms with van der Waals surface area (Å²) in [7, 11) is 0. The summed E-state index contributed by atoms with van der Waals surface area (Å²) in [5.41, 5.74) is 1.93. The summed E-state index contributed by atoms with van der Waals surface area (Å²) in [4.78, 5) is 17.3. The van der Waals surface area contributed by atoms with Crippen LogP contribution in [0.5, 0.6) is 0 Å². The highest BCUT2D eigenvalue weighted by molar-refractivity contribution is 5.96. The van der Waals surface area contributed by atoms with Crippen molar-refractivity contribution < 1.29 is 9.18 Å². The van der Waals surface area contributed by atoms with Crippen molar-refractivity contribution in [3.8, 4) is 0 Å². The molecule has 4 rings (SSSR count). The number of anilines is 1. The molecule has 136 valence electrons. The molecule has 3 nitrogen and oxygen atoms in total. The first-order valence-electron chi connectivity index (χ1n) is 9.46. The van der Waals surface area contributed by atoms with Gasteiger partial charge in [-0.1, -0.05) is 44.2 Å².